The summed E-state index contributed by atoms with van der Waals surface area (Å²) in [6.45, 7) is 7.43. The Morgan fingerprint density at radius 1 is 1.11 bits per heavy atom. The molecule has 190 valence electrons. The van der Waals surface area contributed by atoms with Crippen LogP contribution in [0.5, 0.6) is 0 Å². The molecule has 0 fully saturated rings. The maximum atomic E-state index is 13.5. The molecule has 0 aliphatic carbocycles. The van der Waals surface area contributed by atoms with Gasteiger partial charge in [-0.3, -0.25) is 0 Å². The van der Waals surface area contributed by atoms with Gasteiger partial charge < -0.3 is 18.6 Å². The van der Waals surface area contributed by atoms with Crippen molar-refractivity contribution in [3.05, 3.63) is 48.3 Å². The Bertz CT molecular complexity index is 1150. The highest BCUT2D eigenvalue weighted by Gasteiger charge is 2.32. The molecule has 3 rings (SSSR count). The van der Waals surface area contributed by atoms with Gasteiger partial charge >= 0.3 is 12.1 Å². The predicted molar refractivity (Wildman–Crippen MR) is 125 cm³/mol. The van der Waals surface area contributed by atoms with Crippen molar-refractivity contribution < 1.29 is 31.8 Å². The number of aromatic nitrogens is 4. The first kappa shape index (κ1) is 26.6. The van der Waals surface area contributed by atoms with Gasteiger partial charge in [0.15, 0.2) is 11.5 Å². The standard InChI is InChI=1S/C23H28F4N4O3Si/c1-5-34-22(32)18-12-30(15-33-10-11-35(2,3)4)21(29-18)20-19(16-6-8-17(24)9-7-16)28-14-31(20)13-23(25,26)27/h6-9,12,14H,5,10-11,13,15H2,1-4H3. The number of alkyl halides is 3. The summed E-state index contributed by atoms with van der Waals surface area (Å²) in [7, 11) is -1.37. The Kier molecular flexibility index (Phi) is 8.16. The molecule has 0 N–H and O–H groups in total. The van der Waals surface area contributed by atoms with Gasteiger partial charge in [-0.1, -0.05) is 19.6 Å². The number of carbonyl (C=O) groups excluding carboxylic acids is 1. The van der Waals surface area contributed by atoms with E-state index in [1.54, 1.807) is 6.92 Å². The second-order valence-corrected chi connectivity index (χ2v) is 14.8. The van der Waals surface area contributed by atoms with Crippen molar-refractivity contribution in [1.82, 2.24) is 19.1 Å². The lowest BCUT2D eigenvalue weighted by atomic mass is 10.1. The fourth-order valence-corrected chi connectivity index (χ4v) is 4.05. The lowest BCUT2D eigenvalue weighted by Crippen LogP contribution is -2.22. The molecule has 0 spiro atoms. The van der Waals surface area contributed by atoms with Crippen molar-refractivity contribution in [2.24, 2.45) is 0 Å². The maximum absolute atomic E-state index is 13.5. The van der Waals surface area contributed by atoms with Gasteiger partial charge in [-0.25, -0.2) is 19.2 Å². The van der Waals surface area contributed by atoms with Crippen molar-refractivity contribution in [2.75, 3.05) is 13.2 Å². The van der Waals surface area contributed by atoms with Crippen LogP contribution < -0.4 is 0 Å². The molecule has 0 aliphatic rings. The summed E-state index contributed by atoms with van der Waals surface area (Å²) in [5.74, 6) is -1.14. The number of hydrogen-bond acceptors (Lipinski definition) is 5. The molecule has 0 saturated carbocycles. The van der Waals surface area contributed by atoms with E-state index >= 15 is 0 Å². The first-order chi connectivity index (χ1) is 16.4. The van der Waals surface area contributed by atoms with Crippen molar-refractivity contribution in [3.63, 3.8) is 0 Å². The topological polar surface area (TPSA) is 71.2 Å². The van der Waals surface area contributed by atoms with Crippen LogP contribution in [0.1, 0.15) is 17.4 Å². The number of ether oxygens (including phenoxy) is 2. The molecule has 1 aromatic carbocycles. The number of imidazole rings is 2. The Labute approximate surface area is 201 Å². The third-order valence-electron chi connectivity index (χ3n) is 5.00. The van der Waals surface area contributed by atoms with E-state index in [1.165, 1.54) is 35.0 Å². The lowest BCUT2D eigenvalue weighted by molar-refractivity contribution is -0.140. The molecule has 0 radical (unpaired) electrons. The summed E-state index contributed by atoms with van der Waals surface area (Å²) in [4.78, 5) is 20.9. The van der Waals surface area contributed by atoms with Crippen LogP contribution in [-0.2, 0) is 22.7 Å². The number of hydrogen-bond donors (Lipinski definition) is 0. The average molecular weight is 513 g/mol. The van der Waals surface area contributed by atoms with E-state index in [0.717, 1.165) is 16.9 Å². The molecule has 0 unspecified atom stereocenters. The summed E-state index contributed by atoms with van der Waals surface area (Å²) >= 11 is 0. The second kappa shape index (κ2) is 10.7. The van der Waals surface area contributed by atoms with Crippen LogP contribution in [0.15, 0.2) is 36.8 Å². The molecule has 0 saturated heterocycles. The van der Waals surface area contributed by atoms with Crippen LogP contribution in [0.4, 0.5) is 17.6 Å². The molecule has 2 heterocycles. The smallest absolute Gasteiger partial charge is 0.406 e. The van der Waals surface area contributed by atoms with Gasteiger partial charge in [-0.15, -0.1) is 0 Å². The fraction of sp³-hybridized carbons (Fsp3) is 0.435. The van der Waals surface area contributed by atoms with Crippen molar-refractivity contribution in [3.8, 4) is 22.8 Å². The monoisotopic (exact) mass is 512 g/mol. The van der Waals surface area contributed by atoms with Crippen LogP contribution >= 0.6 is 0 Å². The maximum Gasteiger partial charge on any atom is 0.406 e. The summed E-state index contributed by atoms with van der Waals surface area (Å²) in [5, 5.41) is 0. The molecule has 2 aromatic heterocycles. The number of halogens is 4. The number of rotatable bonds is 10. The fourth-order valence-electron chi connectivity index (χ4n) is 3.30. The molecule has 0 amide bonds. The van der Waals surface area contributed by atoms with Gasteiger partial charge in [0.25, 0.3) is 0 Å². The van der Waals surface area contributed by atoms with Crippen LogP contribution in [0.3, 0.4) is 0 Å². The molecule has 7 nitrogen and oxygen atoms in total. The minimum atomic E-state index is -4.54. The molecular formula is C23H28F4N4O3Si. The predicted octanol–water partition coefficient (Wildman–Crippen LogP) is 5.60. The largest absolute Gasteiger partial charge is 0.461 e. The van der Waals surface area contributed by atoms with Crippen LogP contribution in [0.25, 0.3) is 22.8 Å². The zero-order valence-corrected chi connectivity index (χ0v) is 21.0. The molecular weight excluding hydrogens is 484 g/mol. The van der Waals surface area contributed by atoms with Crippen molar-refractivity contribution in [2.45, 2.75) is 52.1 Å². The van der Waals surface area contributed by atoms with Gasteiger partial charge in [0.05, 0.1) is 18.6 Å². The molecule has 12 heteroatoms. The third-order valence-corrected chi connectivity index (χ3v) is 6.71. The minimum absolute atomic E-state index is 0.0262. The van der Waals surface area contributed by atoms with E-state index in [-0.39, 0.29) is 36.2 Å². The van der Waals surface area contributed by atoms with Gasteiger partial charge in [0.1, 0.15) is 24.8 Å². The van der Waals surface area contributed by atoms with E-state index in [2.05, 4.69) is 29.6 Å². The van der Waals surface area contributed by atoms with Gasteiger partial charge in [0, 0.05) is 26.4 Å². The first-order valence-electron chi connectivity index (χ1n) is 11.1. The number of carbonyl (C=O) groups is 1. The second-order valence-electron chi connectivity index (χ2n) is 9.18. The molecule has 0 atom stereocenters. The van der Waals surface area contributed by atoms with Crippen molar-refractivity contribution in [1.29, 1.82) is 0 Å². The highest BCUT2D eigenvalue weighted by atomic mass is 28.3. The van der Waals surface area contributed by atoms with E-state index in [9.17, 15) is 22.4 Å². The van der Waals surface area contributed by atoms with Gasteiger partial charge in [-0.05, 0) is 37.2 Å². The van der Waals surface area contributed by atoms with E-state index < -0.39 is 32.6 Å². The summed E-state index contributed by atoms with van der Waals surface area (Å²) in [5.41, 5.74) is 0.520. The summed E-state index contributed by atoms with van der Waals surface area (Å²) < 4.78 is 66.8. The van der Waals surface area contributed by atoms with Gasteiger partial charge in [0.2, 0.25) is 0 Å². The molecule has 0 aliphatic heterocycles. The Morgan fingerprint density at radius 3 is 2.40 bits per heavy atom. The van der Waals surface area contributed by atoms with Crippen molar-refractivity contribution >= 4 is 14.0 Å². The third kappa shape index (κ3) is 7.25. The Morgan fingerprint density at radius 2 is 1.80 bits per heavy atom. The van der Waals surface area contributed by atoms with Crippen LogP contribution in [0, 0.1) is 5.82 Å². The zero-order valence-electron chi connectivity index (χ0n) is 20.0. The Balaban J connectivity index is 2.09. The van der Waals surface area contributed by atoms with E-state index in [4.69, 9.17) is 9.47 Å². The van der Waals surface area contributed by atoms with E-state index in [1.807, 2.05) is 0 Å². The molecule has 3 aromatic rings. The quantitative estimate of drug-likeness (QED) is 0.153. The zero-order chi connectivity index (χ0) is 25.8. The highest BCUT2D eigenvalue weighted by molar-refractivity contribution is 6.76. The first-order valence-corrected chi connectivity index (χ1v) is 14.8. The van der Waals surface area contributed by atoms with Gasteiger partial charge in [-0.2, -0.15) is 13.2 Å². The highest BCUT2D eigenvalue weighted by Crippen LogP contribution is 2.33. The average Bonchev–Trinajstić information content (AvgIpc) is 3.34. The molecule has 0 bridgehead atoms. The lowest BCUT2D eigenvalue weighted by Gasteiger charge is -2.17. The number of esters is 1. The van der Waals surface area contributed by atoms with Crippen LogP contribution in [-0.4, -0.2) is 52.5 Å². The van der Waals surface area contributed by atoms with Crippen LogP contribution in [0.2, 0.25) is 25.7 Å². The summed E-state index contributed by atoms with van der Waals surface area (Å²) in [6.07, 6.45) is -2.09. The normalized spacial score (nSPS) is 12.2. The minimum Gasteiger partial charge on any atom is -0.461 e. The number of benzene rings is 1. The Hall–Kier alpha value is -2.99. The SMILES string of the molecule is CCOC(=O)c1cn(COCC[Si](C)(C)C)c(-c2c(-c3ccc(F)cc3)ncn2CC(F)(F)F)n1. The molecule has 35 heavy (non-hydrogen) atoms. The van der Waals surface area contributed by atoms with E-state index in [0.29, 0.717) is 12.2 Å². The summed E-state index contributed by atoms with van der Waals surface area (Å²) in [6, 6.07) is 6.11. The number of nitrogens with zero attached hydrogens (tertiary/aromatic N) is 4.